The predicted octanol–water partition coefficient (Wildman–Crippen LogP) is 3.34. The van der Waals surface area contributed by atoms with Crippen molar-refractivity contribution in [3.8, 4) is 5.75 Å². The maximum atomic E-state index is 12.9. The van der Waals surface area contributed by atoms with Gasteiger partial charge in [-0.25, -0.2) is 4.39 Å². The molecule has 1 rings (SSSR count). The molecule has 0 aliphatic heterocycles. The highest BCUT2D eigenvalue weighted by molar-refractivity contribution is 5.40. The van der Waals surface area contributed by atoms with E-state index in [1.165, 1.54) is 19.9 Å². The lowest BCUT2D eigenvalue weighted by Crippen LogP contribution is -2.18. The van der Waals surface area contributed by atoms with E-state index in [0.29, 0.717) is 0 Å². The zero-order valence-electron chi connectivity index (χ0n) is 7.57. The van der Waals surface area contributed by atoms with Gasteiger partial charge in [0.1, 0.15) is 11.6 Å². The molecule has 0 saturated carbocycles. The lowest BCUT2D eigenvalue weighted by Gasteiger charge is -2.13. The van der Waals surface area contributed by atoms with Gasteiger partial charge in [-0.05, 0) is 25.5 Å². The summed E-state index contributed by atoms with van der Waals surface area (Å²) in [6.45, 7) is 2.66. The van der Waals surface area contributed by atoms with Crippen LogP contribution in [0.25, 0.3) is 0 Å². The van der Waals surface area contributed by atoms with E-state index in [9.17, 15) is 17.6 Å². The molecule has 0 aliphatic rings. The van der Waals surface area contributed by atoms with Crippen LogP contribution in [-0.4, -0.2) is 6.36 Å². The monoisotopic (exact) mass is 208 g/mol. The minimum atomic E-state index is -4.79. The van der Waals surface area contributed by atoms with Gasteiger partial charge in [-0.1, -0.05) is 6.07 Å². The van der Waals surface area contributed by atoms with Crippen molar-refractivity contribution in [2.24, 2.45) is 0 Å². The highest BCUT2D eigenvalue weighted by Crippen LogP contribution is 2.30. The van der Waals surface area contributed by atoms with Gasteiger partial charge >= 0.3 is 6.36 Å². The second-order valence-electron chi connectivity index (χ2n) is 2.87. The third-order valence-electron chi connectivity index (χ3n) is 1.75. The van der Waals surface area contributed by atoms with E-state index in [1.807, 2.05) is 0 Å². The first-order valence-corrected chi connectivity index (χ1v) is 3.82. The first-order chi connectivity index (χ1) is 6.31. The normalized spacial score (nSPS) is 11.6. The Morgan fingerprint density at radius 2 is 1.71 bits per heavy atom. The molecule has 5 heteroatoms. The van der Waals surface area contributed by atoms with E-state index < -0.39 is 17.9 Å². The number of benzene rings is 1. The van der Waals surface area contributed by atoms with E-state index in [1.54, 1.807) is 0 Å². The predicted molar refractivity (Wildman–Crippen MR) is 42.6 cm³/mol. The molecule has 0 aliphatic carbocycles. The molecule has 1 aromatic rings. The summed E-state index contributed by atoms with van der Waals surface area (Å²) in [6.07, 6.45) is -4.79. The zero-order chi connectivity index (χ0) is 10.9. The third kappa shape index (κ3) is 2.37. The Morgan fingerprint density at radius 1 is 1.14 bits per heavy atom. The number of halogens is 4. The fraction of sp³-hybridized carbons (Fsp3) is 0.333. The Morgan fingerprint density at radius 3 is 2.21 bits per heavy atom. The summed E-state index contributed by atoms with van der Waals surface area (Å²) in [6, 6.07) is 2.34. The van der Waals surface area contributed by atoms with Gasteiger partial charge in [0.05, 0.1) is 0 Å². The standard InChI is InChI=1S/C9H8F4O/c1-5-3-4-7(10)6(2)8(5)14-9(11,12)13/h3-4H,1-2H3. The molecule has 0 bridgehead atoms. The molecule has 0 saturated heterocycles. The Kier molecular flexibility index (Phi) is 2.69. The second kappa shape index (κ2) is 3.48. The Bertz CT molecular complexity index is 343. The van der Waals surface area contributed by atoms with Crippen LogP contribution >= 0.6 is 0 Å². The minimum absolute atomic E-state index is 0.137. The van der Waals surface area contributed by atoms with Crippen LogP contribution in [0.15, 0.2) is 12.1 Å². The van der Waals surface area contributed by atoms with Crippen LogP contribution in [0.4, 0.5) is 17.6 Å². The number of rotatable bonds is 1. The van der Waals surface area contributed by atoms with Gasteiger partial charge in [0.25, 0.3) is 0 Å². The Balaban J connectivity index is 3.13. The van der Waals surface area contributed by atoms with Crippen LogP contribution in [0.3, 0.4) is 0 Å². The van der Waals surface area contributed by atoms with E-state index >= 15 is 0 Å². The van der Waals surface area contributed by atoms with Gasteiger partial charge in [0, 0.05) is 5.56 Å². The highest BCUT2D eigenvalue weighted by atomic mass is 19.4. The van der Waals surface area contributed by atoms with Crippen molar-refractivity contribution in [2.45, 2.75) is 20.2 Å². The van der Waals surface area contributed by atoms with Gasteiger partial charge in [-0.15, -0.1) is 13.2 Å². The molecule has 78 valence electrons. The third-order valence-corrected chi connectivity index (χ3v) is 1.75. The van der Waals surface area contributed by atoms with Gasteiger partial charge in [-0.2, -0.15) is 0 Å². The Labute approximate surface area is 78.3 Å². The van der Waals surface area contributed by atoms with Crippen LogP contribution < -0.4 is 4.74 Å². The smallest absolute Gasteiger partial charge is 0.405 e. The molecular formula is C9H8F4O. The number of hydrogen-bond donors (Lipinski definition) is 0. The number of ether oxygens (including phenoxy) is 1. The average Bonchev–Trinajstić information content (AvgIpc) is 2.04. The molecule has 0 unspecified atom stereocenters. The van der Waals surface area contributed by atoms with Crippen molar-refractivity contribution < 1.29 is 22.3 Å². The molecule has 0 atom stereocenters. The fourth-order valence-electron chi connectivity index (χ4n) is 1.08. The molecule has 0 amide bonds. The fourth-order valence-corrected chi connectivity index (χ4v) is 1.08. The van der Waals surface area contributed by atoms with Crippen molar-refractivity contribution in [3.63, 3.8) is 0 Å². The average molecular weight is 208 g/mol. The maximum absolute atomic E-state index is 12.9. The van der Waals surface area contributed by atoms with Crippen molar-refractivity contribution >= 4 is 0 Å². The molecule has 1 aromatic carbocycles. The van der Waals surface area contributed by atoms with E-state index in [-0.39, 0.29) is 11.1 Å². The first kappa shape index (κ1) is 10.8. The first-order valence-electron chi connectivity index (χ1n) is 3.82. The van der Waals surface area contributed by atoms with Crippen LogP contribution in [0, 0.1) is 19.7 Å². The topological polar surface area (TPSA) is 9.23 Å². The molecule has 0 spiro atoms. The maximum Gasteiger partial charge on any atom is 0.573 e. The van der Waals surface area contributed by atoms with E-state index in [4.69, 9.17) is 0 Å². The summed E-state index contributed by atoms with van der Waals surface area (Å²) in [5, 5.41) is 0. The van der Waals surface area contributed by atoms with Crippen LogP contribution in [0.2, 0.25) is 0 Å². The number of aryl methyl sites for hydroxylation is 1. The highest BCUT2D eigenvalue weighted by Gasteiger charge is 2.32. The number of hydrogen-bond acceptors (Lipinski definition) is 1. The van der Waals surface area contributed by atoms with Gasteiger partial charge < -0.3 is 4.74 Å². The summed E-state index contributed by atoms with van der Waals surface area (Å²) in [4.78, 5) is 0. The number of alkyl halides is 3. The van der Waals surface area contributed by atoms with Crippen LogP contribution in [0.5, 0.6) is 5.75 Å². The largest absolute Gasteiger partial charge is 0.573 e. The van der Waals surface area contributed by atoms with E-state index in [0.717, 1.165) is 6.07 Å². The van der Waals surface area contributed by atoms with Gasteiger partial charge in [0.2, 0.25) is 0 Å². The van der Waals surface area contributed by atoms with E-state index in [2.05, 4.69) is 4.74 Å². The molecule has 0 N–H and O–H groups in total. The van der Waals surface area contributed by atoms with Crippen molar-refractivity contribution in [1.29, 1.82) is 0 Å². The summed E-state index contributed by atoms with van der Waals surface area (Å²) in [7, 11) is 0. The quantitative estimate of drug-likeness (QED) is 0.643. The van der Waals surface area contributed by atoms with Crippen molar-refractivity contribution in [3.05, 3.63) is 29.1 Å². The molecule has 0 fully saturated rings. The summed E-state index contributed by atoms with van der Waals surface area (Å²) in [5.74, 6) is -1.17. The molecule has 14 heavy (non-hydrogen) atoms. The Hall–Kier alpha value is -1.26. The van der Waals surface area contributed by atoms with Crippen molar-refractivity contribution in [1.82, 2.24) is 0 Å². The van der Waals surface area contributed by atoms with Gasteiger partial charge in [-0.3, -0.25) is 0 Å². The zero-order valence-corrected chi connectivity index (χ0v) is 7.57. The molecule has 0 heterocycles. The second-order valence-corrected chi connectivity index (χ2v) is 2.87. The lowest BCUT2D eigenvalue weighted by atomic mass is 10.1. The van der Waals surface area contributed by atoms with Crippen LogP contribution in [0.1, 0.15) is 11.1 Å². The summed E-state index contributed by atoms with van der Waals surface area (Å²) >= 11 is 0. The van der Waals surface area contributed by atoms with Crippen molar-refractivity contribution in [2.75, 3.05) is 0 Å². The molecule has 0 radical (unpaired) electrons. The molecule has 1 nitrogen and oxygen atoms in total. The molecule has 0 aromatic heterocycles. The van der Waals surface area contributed by atoms with Gasteiger partial charge in [0.15, 0.2) is 0 Å². The minimum Gasteiger partial charge on any atom is -0.405 e. The van der Waals surface area contributed by atoms with Crippen LogP contribution in [-0.2, 0) is 0 Å². The lowest BCUT2D eigenvalue weighted by molar-refractivity contribution is -0.275. The summed E-state index contributed by atoms with van der Waals surface area (Å²) < 4.78 is 52.3. The SMILES string of the molecule is Cc1ccc(F)c(C)c1OC(F)(F)F. The summed E-state index contributed by atoms with van der Waals surface area (Å²) in [5.41, 5.74) is 0.114. The molecular weight excluding hydrogens is 200 g/mol.